The molecule has 16 heavy (non-hydrogen) atoms. The van der Waals surface area contributed by atoms with Crippen LogP contribution in [0.4, 0.5) is 4.39 Å². The molecule has 0 aliphatic heterocycles. The highest BCUT2D eigenvalue weighted by Crippen LogP contribution is 2.21. The first-order valence-corrected chi connectivity index (χ1v) is 5.06. The van der Waals surface area contributed by atoms with E-state index < -0.39 is 5.97 Å². The van der Waals surface area contributed by atoms with Crippen molar-refractivity contribution in [2.45, 2.75) is 6.92 Å². The molecule has 0 spiro atoms. The highest BCUT2D eigenvalue weighted by atomic mass is 19.1. The molecule has 0 bridgehead atoms. The lowest BCUT2D eigenvalue weighted by molar-refractivity contribution is 0.0516. The van der Waals surface area contributed by atoms with Crippen LogP contribution in [0.15, 0.2) is 24.3 Å². The zero-order valence-corrected chi connectivity index (χ0v) is 9.16. The smallest absolute Gasteiger partial charge is 0.354 e. The van der Waals surface area contributed by atoms with Crippen LogP contribution in [0.5, 0.6) is 0 Å². The molecule has 0 amide bonds. The number of fused-ring (bicyclic) bond motifs is 1. The molecule has 3 nitrogen and oxygen atoms in total. The molecule has 0 atom stereocenters. The highest BCUT2D eigenvalue weighted by Gasteiger charge is 2.15. The van der Waals surface area contributed by atoms with Crippen LogP contribution in [0.2, 0.25) is 0 Å². The maximum Gasteiger partial charge on any atom is 0.354 e. The summed E-state index contributed by atoms with van der Waals surface area (Å²) >= 11 is 0. The van der Waals surface area contributed by atoms with E-state index in [9.17, 15) is 9.18 Å². The Bertz CT molecular complexity index is 545. The van der Waals surface area contributed by atoms with Crippen molar-refractivity contribution in [1.82, 2.24) is 4.57 Å². The van der Waals surface area contributed by atoms with Crippen LogP contribution >= 0.6 is 0 Å². The van der Waals surface area contributed by atoms with Gasteiger partial charge < -0.3 is 9.30 Å². The molecule has 2 rings (SSSR count). The molecule has 0 saturated carbocycles. The van der Waals surface area contributed by atoms with E-state index in [4.69, 9.17) is 4.74 Å². The van der Waals surface area contributed by atoms with Crippen molar-refractivity contribution >= 4 is 16.9 Å². The first-order chi connectivity index (χ1) is 7.65. The van der Waals surface area contributed by atoms with Crippen molar-refractivity contribution in [1.29, 1.82) is 0 Å². The molecule has 84 valence electrons. The summed E-state index contributed by atoms with van der Waals surface area (Å²) in [7, 11) is 1.72. The third-order valence-corrected chi connectivity index (χ3v) is 2.52. The number of aryl methyl sites for hydroxylation is 1. The fourth-order valence-corrected chi connectivity index (χ4v) is 1.73. The Balaban J connectivity index is 2.60. The van der Waals surface area contributed by atoms with Gasteiger partial charge >= 0.3 is 5.97 Å². The van der Waals surface area contributed by atoms with Crippen molar-refractivity contribution in [2.24, 2.45) is 7.05 Å². The lowest BCUT2D eigenvalue weighted by atomic mass is 10.2. The third kappa shape index (κ3) is 1.56. The van der Waals surface area contributed by atoms with E-state index >= 15 is 0 Å². The maximum atomic E-state index is 13.5. The van der Waals surface area contributed by atoms with E-state index in [1.807, 2.05) is 0 Å². The molecule has 0 aliphatic carbocycles. The molecule has 0 N–H and O–H groups in total. The first kappa shape index (κ1) is 10.7. The van der Waals surface area contributed by atoms with Gasteiger partial charge in [-0.3, -0.25) is 0 Å². The van der Waals surface area contributed by atoms with Crippen molar-refractivity contribution < 1.29 is 13.9 Å². The number of ether oxygens (including phenoxy) is 1. The Labute approximate surface area is 92.4 Å². The van der Waals surface area contributed by atoms with Crippen LogP contribution in [0, 0.1) is 5.82 Å². The van der Waals surface area contributed by atoms with Gasteiger partial charge in [0.05, 0.1) is 12.1 Å². The topological polar surface area (TPSA) is 31.2 Å². The summed E-state index contributed by atoms with van der Waals surface area (Å²) in [6.45, 7) is 2.05. The number of nitrogens with zero attached hydrogens (tertiary/aromatic N) is 1. The Morgan fingerprint density at radius 2 is 2.25 bits per heavy atom. The van der Waals surface area contributed by atoms with Crippen LogP contribution in [0.3, 0.4) is 0 Å². The molecular formula is C12H12FNO2. The highest BCUT2D eigenvalue weighted by molar-refractivity contribution is 5.95. The lowest BCUT2D eigenvalue weighted by Gasteiger charge is -2.03. The molecule has 0 fully saturated rings. The summed E-state index contributed by atoms with van der Waals surface area (Å²) in [6.07, 6.45) is 0. The Kier molecular flexibility index (Phi) is 2.64. The number of hydrogen-bond acceptors (Lipinski definition) is 2. The van der Waals surface area contributed by atoms with Crippen LogP contribution in [-0.4, -0.2) is 17.1 Å². The van der Waals surface area contributed by atoms with Gasteiger partial charge in [-0.05, 0) is 25.1 Å². The number of halogens is 1. The average molecular weight is 221 g/mol. The zero-order valence-electron chi connectivity index (χ0n) is 9.16. The SMILES string of the molecule is CCOC(=O)c1cc2c(F)cccc2n1C. The lowest BCUT2D eigenvalue weighted by Crippen LogP contribution is -2.09. The fraction of sp³-hybridized carbons (Fsp3) is 0.250. The predicted octanol–water partition coefficient (Wildman–Crippen LogP) is 2.49. The zero-order chi connectivity index (χ0) is 11.7. The molecule has 4 heteroatoms. The van der Waals surface area contributed by atoms with Crippen LogP contribution < -0.4 is 0 Å². The van der Waals surface area contributed by atoms with Gasteiger partial charge in [0.25, 0.3) is 0 Å². The number of rotatable bonds is 2. The van der Waals surface area contributed by atoms with Crippen molar-refractivity contribution in [2.75, 3.05) is 6.61 Å². The second-order valence-corrected chi connectivity index (χ2v) is 3.48. The minimum Gasteiger partial charge on any atom is -0.461 e. The molecule has 0 unspecified atom stereocenters. The Morgan fingerprint density at radius 1 is 1.50 bits per heavy atom. The van der Waals surface area contributed by atoms with Gasteiger partial charge in [0.1, 0.15) is 11.5 Å². The predicted molar refractivity (Wildman–Crippen MR) is 58.8 cm³/mol. The minimum atomic E-state index is -0.430. The van der Waals surface area contributed by atoms with Crippen LogP contribution in [-0.2, 0) is 11.8 Å². The van der Waals surface area contributed by atoms with Gasteiger partial charge in [0.2, 0.25) is 0 Å². The van der Waals surface area contributed by atoms with Crippen LogP contribution in [0.1, 0.15) is 17.4 Å². The Hall–Kier alpha value is -1.84. The van der Waals surface area contributed by atoms with Crippen molar-refractivity contribution in [3.63, 3.8) is 0 Å². The van der Waals surface area contributed by atoms with E-state index in [2.05, 4.69) is 0 Å². The fourth-order valence-electron chi connectivity index (χ4n) is 1.73. The second-order valence-electron chi connectivity index (χ2n) is 3.48. The quantitative estimate of drug-likeness (QED) is 0.729. The largest absolute Gasteiger partial charge is 0.461 e. The van der Waals surface area contributed by atoms with Gasteiger partial charge in [-0.25, -0.2) is 9.18 Å². The summed E-state index contributed by atoms with van der Waals surface area (Å²) in [5.74, 6) is -0.760. The molecule has 0 aliphatic rings. The summed E-state index contributed by atoms with van der Waals surface area (Å²) in [5.41, 5.74) is 1.05. The molecule has 0 radical (unpaired) electrons. The number of benzene rings is 1. The van der Waals surface area contributed by atoms with E-state index in [-0.39, 0.29) is 5.82 Å². The molecule has 1 aromatic heterocycles. The van der Waals surface area contributed by atoms with E-state index in [0.29, 0.717) is 23.2 Å². The van der Waals surface area contributed by atoms with Crippen LogP contribution in [0.25, 0.3) is 10.9 Å². The molecule has 2 aromatic rings. The number of esters is 1. The van der Waals surface area contributed by atoms with Gasteiger partial charge in [0.15, 0.2) is 0 Å². The number of carbonyl (C=O) groups excluding carboxylic acids is 1. The molecular weight excluding hydrogens is 209 g/mol. The van der Waals surface area contributed by atoms with Gasteiger partial charge in [0, 0.05) is 12.4 Å². The molecule has 0 saturated heterocycles. The first-order valence-electron chi connectivity index (χ1n) is 5.06. The van der Waals surface area contributed by atoms with E-state index in [1.54, 1.807) is 30.7 Å². The normalized spacial score (nSPS) is 10.7. The van der Waals surface area contributed by atoms with E-state index in [0.717, 1.165) is 0 Å². The minimum absolute atomic E-state index is 0.308. The number of aromatic nitrogens is 1. The number of hydrogen-bond donors (Lipinski definition) is 0. The van der Waals surface area contributed by atoms with Gasteiger partial charge in [-0.15, -0.1) is 0 Å². The van der Waals surface area contributed by atoms with Gasteiger partial charge in [-0.1, -0.05) is 6.07 Å². The second kappa shape index (κ2) is 3.96. The summed E-state index contributed by atoms with van der Waals surface area (Å²) < 4.78 is 20.0. The summed E-state index contributed by atoms with van der Waals surface area (Å²) in [4.78, 5) is 11.6. The van der Waals surface area contributed by atoms with Crippen molar-refractivity contribution in [3.8, 4) is 0 Å². The molecule has 1 aromatic carbocycles. The maximum absolute atomic E-state index is 13.5. The number of carbonyl (C=O) groups is 1. The molecule has 1 heterocycles. The third-order valence-electron chi connectivity index (χ3n) is 2.52. The Morgan fingerprint density at radius 3 is 2.88 bits per heavy atom. The summed E-state index contributed by atoms with van der Waals surface area (Å²) in [5, 5.41) is 0.438. The standard InChI is InChI=1S/C12H12FNO2/c1-3-16-12(15)11-7-8-9(13)5-4-6-10(8)14(11)2/h4-7H,3H2,1-2H3. The monoisotopic (exact) mass is 221 g/mol. The average Bonchev–Trinajstić information content (AvgIpc) is 2.59. The summed E-state index contributed by atoms with van der Waals surface area (Å²) in [6, 6.07) is 6.27. The van der Waals surface area contributed by atoms with Crippen molar-refractivity contribution in [3.05, 3.63) is 35.8 Å². The van der Waals surface area contributed by atoms with E-state index in [1.165, 1.54) is 12.1 Å². The van der Waals surface area contributed by atoms with Gasteiger partial charge in [-0.2, -0.15) is 0 Å².